The molecule has 0 unspecified atom stereocenters. The minimum absolute atomic E-state index is 0.137. The number of carbonyl (C=O) groups is 2. The summed E-state index contributed by atoms with van der Waals surface area (Å²) in [5.41, 5.74) is 5.07. The van der Waals surface area contributed by atoms with Crippen LogP contribution in [-0.2, 0) is 4.79 Å². The lowest BCUT2D eigenvalue weighted by Gasteiger charge is -2.22. The molecule has 5 nitrogen and oxygen atoms in total. The molecule has 2 aromatic carbocycles. The van der Waals surface area contributed by atoms with Crippen molar-refractivity contribution in [2.45, 2.75) is 34.1 Å². The van der Waals surface area contributed by atoms with Crippen molar-refractivity contribution in [3.63, 3.8) is 0 Å². The quantitative estimate of drug-likeness (QED) is 0.687. The number of Topliss-reactive ketones (excluding diaryl/α,β-unsaturated/α-hetero) is 1. The van der Waals surface area contributed by atoms with Crippen LogP contribution in [0.15, 0.2) is 59.1 Å². The van der Waals surface area contributed by atoms with E-state index in [1.54, 1.807) is 12.1 Å². The largest absolute Gasteiger partial charge is 0.372 e. The Kier molecular flexibility index (Phi) is 6.83. The Morgan fingerprint density at radius 2 is 1.73 bits per heavy atom. The number of ketones is 1. The number of nitrogens with one attached hydrogen (secondary N) is 1. The molecular weight excluding hydrogens is 374 g/mol. The number of carbonyl (C=O) groups excluding carboxylic acids is 2. The van der Waals surface area contributed by atoms with Gasteiger partial charge in [0.05, 0.1) is 17.0 Å². The Bertz CT molecular complexity index is 1020. The summed E-state index contributed by atoms with van der Waals surface area (Å²) in [4.78, 5) is 32.6. The smallest absolute Gasteiger partial charge is 0.255 e. The zero-order valence-corrected chi connectivity index (χ0v) is 18.2. The number of benzene rings is 2. The van der Waals surface area contributed by atoms with E-state index >= 15 is 0 Å². The molecule has 1 aliphatic carbocycles. The number of allylic oxidation sites excluding steroid dienone is 1. The topological polar surface area (TPSA) is 61.8 Å². The number of hydrogen-bond donors (Lipinski definition) is 1. The lowest BCUT2D eigenvalue weighted by molar-refractivity contribution is -0.117. The monoisotopic (exact) mass is 403 g/mol. The van der Waals surface area contributed by atoms with Crippen LogP contribution in [0.2, 0.25) is 0 Å². The van der Waals surface area contributed by atoms with Crippen molar-refractivity contribution in [2.75, 3.05) is 24.5 Å². The third-order valence-corrected chi connectivity index (χ3v) is 5.30. The highest BCUT2D eigenvalue weighted by molar-refractivity contribution is 6.35. The van der Waals surface area contributed by atoms with E-state index in [2.05, 4.69) is 36.2 Å². The summed E-state index contributed by atoms with van der Waals surface area (Å²) in [7, 11) is 0. The number of amides is 1. The molecule has 1 amide bonds. The molecule has 5 heteroatoms. The molecule has 0 aliphatic heterocycles. The first-order chi connectivity index (χ1) is 14.5. The van der Waals surface area contributed by atoms with E-state index in [0.29, 0.717) is 17.8 Å². The van der Waals surface area contributed by atoms with Crippen LogP contribution in [0.25, 0.3) is 0 Å². The van der Waals surface area contributed by atoms with Crippen molar-refractivity contribution in [3.8, 4) is 0 Å². The SMILES string of the molecule is CCCNC(=O)C1=CC(=Nc2ccc(N(CC)CC)cc2C)c2ccccc2C1=O. The standard InChI is InChI=1S/C25H29N3O2/c1-5-14-26-25(30)21-16-23(19-10-8-9-11-20(19)24(21)29)27-22-13-12-18(15-17(22)4)28(6-2)7-3/h8-13,15-16H,5-7,14H2,1-4H3,(H,26,30). The Morgan fingerprint density at radius 3 is 2.37 bits per heavy atom. The van der Waals surface area contributed by atoms with Gasteiger partial charge in [0, 0.05) is 36.4 Å². The molecule has 0 aromatic heterocycles. The van der Waals surface area contributed by atoms with Crippen molar-refractivity contribution in [2.24, 2.45) is 4.99 Å². The van der Waals surface area contributed by atoms with Crippen LogP contribution in [0.1, 0.15) is 48.7 Å². The van der Waals surface area contributed by atoms with Crippen LogP contribution >= 0.6 is 0 Å². The maximum Gasteiger partial charge on any atom is 0.255 e. The van der Waals surface area contributed by atoms with Crippen LogP contribution < -0.4 is 10.2 Å². The zero-order chi connectivity index (χ0) is 21.7. The molecule has 0 bridgehead atoms. The van der Waals surface area contributed by atoms with Crippen LogP contribution in [0.4, 0.5) is 11.4 Å². The second-order valence-corrected chi connectivity index (χ2v) is 7.33. The number of anilines is 1. The number of rotatable bonds is 7. The lowest BCUT2D eigenvalue weighted by atomic mass is 9.88. The first-order valence-corrected chi connectivity index (χ1v) is 10.6. The van der Waals surface area contributed by atoms with Crippen LogP contribution in [0, 0.1) is 6.92 Å². The Balaban J connectivity index is 2.06. The fourth-order valence-corrected chi connectivity index (χ4v) is 3.60. The molecule has 30 heavy (non-hydrogen) atoms. The maximum atomic E-state index is 12.9. The van der Waals surface area contributed by atoms with Gasteiger partial charge in [-0.25, -0.2) is 4.99 Å². The van der Waals surface area contributed by atoms with Gasteiger partial charge in [-0.1, -0.05) is 31.2 Å². The summed E-state index contributed by atoms with van der Waals surface area (Å²) in [5.74, 6) is -0.607. The van der Waals surface area contributed by atoms with E-state index in [1.165, 1.54) is 0 Å². The predicted octanol–water partition coefficient (Wildman–Crippen LogP) is 4.61. The van der Waals surface area contributed by atoms with Gasteiger partial charge in [0.15, 0.2) is 5.78 Å². The molecule has 0 saturated carbocycles. The summed E-state index contributed by atoms with van der Waals surface area (Å²) in [6.07, 6.45) is 2.43. The van der Waals surface area contributed by atoms with Gasteiger partial charge in [0.25, 0.3) is 5.91 Å². The molecule has 1 N–H and O–H groups in total. The summed E-state index contributed by atoms with van der Waals surface area (Å²) >= 11 is 0. The Hall–Kier alpha value is -3.21. The third-order valence-electron chi connectivity index (χ3n) is 5.30. The van der Waals surface area contributed by atoms with E-state index < -0.39 is 0 Å². The van der Waals surface area contributed by atoms with Crippen molar-refractivity contribution < 1.29 is 9.59 Å². The van der Waals surface area contributed by atoms with Crippen molar-refractivity contribution >= 4 is 28.8 Å². The molecule has 2 aromatic rings. The molecule has 0 heterocycles. The average Bonchev–Trinajstić information content (AvgIpc) is 2.76. The highest BCUT2D eigenvalue weighted by Crippen LogP contribution is 2.28. The molecule has 0 atom stereocenters. The van der Waals surface area contributed by atoms with Crippen LogP contribution in [0.3, 0.4) is 0 Å². The van der Waals surface area contributed by atoms with E-state index in [-0.39, 0.29) is 17.3 Å². The molecular formula is C25H29N3O2. The van der Waals surface area contributed by atoms with E-state index in [4.69, 9.17) is 4.99 Å². The molecule has 0 fully saturated rings. The fourth-order valence-electron chi connectivity index (χ4n) is 3.60. The fraction of sp³-hybridized carbons (Fsp3) is 0.320. The van der Waals surface area contributed by atoms with Gasteiger partial charge in [-0.05, 0) is 57.0 Å². The Labute approximate surface area is 178 Å². The number of aliphatic imine (C=N–C) groups is 1. The highest BCUT2D eigenvalue weighted by Gasteiger charge is 2.28. The first-order valence-electron chi connectivity index (χ1n) is 10.6. The van der Waals surface area contributed by atoms with Crippen molar-refractivity contribution in [1.29, 1.82) is 0 Å². The van der Waals surface area contributed by atoms with Gasteiger partial charge < -0.3 is 10.2 Å². The molecule has 0 radical (unpaired) electrons. The second kappa shape index (κ2) is 9.53. The first kappa shape index (κ1) is 21.5. The van der Waals surface area contributed by atoms with E-state index in [9.17, 15) is 9.59 Å². The predicted molar refractivity (Wildman–Crippen MR) is 123 cm³/mol. The minimum Gasteiger partial charge on any atom is -0.372 e. The molecule has 0 saturated heterocycles. The summed E-state index contributed by atoms with van der Waals surface area (Å²) < 4.78 is 0. The highest BCUT2D eigenvalue weighted by atomic mass is 16.2. The molecule has 156 valence electrons. The van der Waals surface area contributed by atoms with E-state index in [0.717, 1.165) is 42.0 Å². The summed E-state index contributed by atoms with van der Waals surface area (Å²) in [5, 5.41) is 2.80. The number of fused-ring (bicyclic) bond motifs is 1. The number of aryl methyl sites for hydroxylation is 1. The van der Waals surface area contributed by atoms with Gasteiger partial charge in [-0.15, -0.1) is 0 Å². The Morgan fingerprint density at radius 1 is 1.03 bits per heavy atom. The van der Waals surface area contributed by atoms with E-state index in [1.807, 2.05) is 38.1 Å². The average molecular weight is 404 g/mol. The third kappa shape index (κ3) is 4.35. The number of hydrogen-bond acceptors (Lipinski definition) is 4. The van der Waals surface area contributed by atoms with Gasteiger partial charge in [-0.2, -0.15) is 0 Å². The van der Waals surface area contributed by atoms with Crippen molar-refractivity contribution in [1.82, 2.24) is 5.32 Å². The van der Waals surface area contributed by atoms with Crippen LogP contribution in [0.5, 0.6) is 0 Å². The maximum absolute atomic E-state index is 12.9. The molecule has 0 spiro atoms. The molecule has 3 rings (SSSR count). The van der Waals surface area contributed by atoms with Gasteiger partial charge in [0.1, 0.15) is 0 Å². The summed E-state index contributed by atoms with van der Waals surface area (Å²) in [6, 6.07) is 13.5. The number of nitrogens with zero attached hydrogens (tertiary/aromatic N) is 2. The lowest BCUT2D eigenvalue weighted by Crippen LogP contribution is -2.32. The minimum atomic E-state index is -0.349. The van der Waals surface area contributed by atoms with Gasteiger partial charge >= 0.3 is 0 Å². The van der Waals surface area contributed by atoms with Crippen LogP contribution in [-0.4, -0.2) is 37.0 Å². The van der Waals surface area contributed by atoms with Crippen molar-refractivity contribution in [3.05, 3.63) is 70.8 Å². The zero-order valence-electron chi connectivity index (χ0n) is 18.2. The van der Waals surface area contributed by atoms with Gasteiger partial charge in [-0.3, -0.25) is 9.59 Å². The summed E-state index contributed by atoms with van der Waals surface area (Å²) in [6.45, 7) is 10.7. The second-order valence-electron chi connectivity index (χ2n) is 7.33. The van der Waals surface area contributed by atoms with Gasteiger partial charge in [0.2, 0.25) is 0 Å². The molecule has 1 aliphatic rings. The normalized spacial score (nSPS) is 14.3.